The highest BCUT2D eigenvalue weighted by atomic mass is 79.9. The molecule has 2 unspecified atom stereocenters. The number of halogens is 1. The molecule has 1 aromatic rings. The smallest absolute Gasteiger partial charge is 0.0672 e. The summed E-state index contributed by atoms with van der Waals surface area (Å²) in [5, 5.41) is 11.3. The maximum Gasteiger partial charge on any atom is 0.0672 e. The molecule has 0 aliphatic heterocycles. The van der Waals surface area contributed by atoms with Gasteiger partial charge in [0.25, 0.3) is 0 Å². The molecule has 1 fully saturated rings. The highest BCUT2D eigenvalue weighted by Gasteiger charge is 2.28. The third kappa shape index (κ3) is 3.31. The molecule has 1 aliphatic carbocycles. The zero-order chi connectivity index (χ0) is 12.3. The Morgan fingerprint density at radius 1 is 1.53 bits per heavy atom. The fourth-order valence-corrected chi connectivity index (χ4v) is 4.10. The fraction of sp³-hybridized carbons (Fsp3) is 0.615. The van der Waals surface area contributed by atoms with Crippen molar-refractivity contribution in [3.05, 3.63) is 20.8 Å². The lowest BCUT2D eigenvalue weighted by Crippen LogP contribution is -2.38. The lowest BCUT2D eigenvalue weighted by molar-refractivity contribution is 0.152. The van der Waals surface area contributed by atoms with Crippen molar-refractivity contribution in [2.24, 2.45) is 5.92 Å². The van der Waals surface area contributed by atoms with E-state index in [1.807, 2.05) is 0 Å². The van der Waals surface area contributed by atoms with E-state index in [-0.39, 0.29) is 5.92 Å². The van der Waals surface area contributed by atoms with Crippen LogP contribution < -0.4 is 0 Å². The van der Waals surface area contributed by atoms with E-state index < -0.39 is 0 Å². The zero-order valence-corrected chi connectivity index (χ0v) is 12.4. The van der Waals surface area contributed by atoms with Crippen molar-refractivity contribution < 1.29 is 0 Å². The van der Waals surface area contributed by atoms with Crippen molar-refractivity contribution in [3.63, 3.8) is 0 Å². The van der Waals surface area contributed by atoms with Crippen LogP contribution >= 0.6 is 27.3 Å². The number of nitrogens with zero attached hydrogens (tertiary/aromatic N) is 2. The van der Waals surface area contributed by atoms with Crippen LogP contribution in [0.1, 0.15) is 30.6 Å². The minimum atomic E-state index is 0.220. The predicted molar refractivity (Wildman–Crippen MR) is 74.8 cm³/mol. The minimum Gasteiger partial charge on any atom is -0.297 e. The van der Waals surface area contributed by atoms with E-state index in [0.29, 0.717) is 6.04 Å². The summed E-state index contributed by atoms with van der Waals surface area (Å²) in [5.74, 6) is 0.220. The first-order valence-corrected chi connectivity index (χ1v) is 7.70. The van der Waals surface area contributed by atoms with E-state index in [9.17, 15) is 5.26 Å². The molecular formula is C13H17BrN2S. The summed E-state index contributed by atoms with van der Waals surface area (Å²) in [6.07, 6.45) is 4.72. The highest BCUT2D eigenvalue weighted by Crippen LogP contribution is 2.29. The Hall–Kier alpha value is -0.370. The van der Waals surface area contributed by atoms with Gasteiger partial charge in [-0.2, -0.15) is 5.26 Å². The van der Waals surface area contributed by atoms with Crippen molar-refractivity contribution >= 4 is 27.3 Å². The Morgan fingerprint density at radius 2 is 2.29 bits per heavy atom. The molecule has 0 aromatic carbocycles. The first kappa shape index (κ1) is 13.1. The van der Waals surface area contributed by atoms with Gasteiger partial charge in [0.1, 0.15) is 0 Å². The SMILES string of the molecule is CN(Cc1cc(Br)cs1)C1CCCCC1C#N. The highest BCUT2D eigenvalue weighted by molar-refractivity contribution is 9.10. The second-order valence-electron chi connectivity index (χ2n) is 4.73. The Kier molecular flexibility index (Phi) is 4.61. The van der Waals surface area contributed by atoms with Crippen LogP contribution in [0.15, 0.2) is 15.9 Å². The summed E-state index contributed by atoms with van der Waals surface area (Å²) in [6.45, 7) is 0.957. The molecule has 1 saturated carbocycles. The summed E-state index contributed by atoms with van der Waals surface area (Å²) < 4.78 is 1.16. The topological polar surface area (TPSA) is 27.0 Å². The predicted octanol–water partition coefficient (Wildman–Crippen LogP) is 4.02. The maximum atomic E-state index is 9.20. The van der Waals surface area contributed by atoms with Crippen molar-refractivity contribution in [2.75, 3.05) is 7.05 Å². The van der Waals surface area contributed by atoms with Gasteiger partial charge in [-0.1, -0.05) is 12.8 Å². The van der Waals surface area contributed by atoms with Crippen LogP contribution in [0.5, 0.6) is 0 Å². The Labute approximate surface area is 115 Å². The third-order valence-electron chi connectivity index (χ3n) is 3.49. The minimum absolute atomic E-state index is 0.220. The molecule has 1 heterocycles. The molecule has 4 heteroatoms. The van der Waals surface area contributed by atoms with E-state index >= 15 is 0 Å². The number of hydrogen-bond donors (Lipinski definition) is 0. The van der Waals surface area contributed by atoms with Crippen LogP contribution in [0.25, 0.3) is 0 Å². The maximum absolute atomic E-state index is 9.20. The van der Waals surface area contributed by atoms with E-state index in [2.05, 4.69) is 45.4 Å². The number of nitriles is 1. The third-order valence-corrected chi connectivity index (χ3v) is 5.17. The average Bonchev–Trinajstić information content (AvgIpc) is 2.74. The van der Waals surface area contributed by atoms with Crippen LogP contribution in [-0.4, -0.2) is 18.0 Å². The normalized spacial score (nSPS) is 24.8. The van der Waals surface area contributed by atoms with Crippen molar-refractivity contribution in [2.45, 2.75) is 38.3 Å². The van der Waals surface area contributed by atoms with E-state index in [4.69, 9.17) is 0 Å². The molecular weight excluding hydrogens is 296 g/mol. The quantitative estimate of drug-likeness (QED) is 0.842. The summed E-state index contributed by atoms with van der Waals surface area (Å²) in [7, 11) is 2.15. The van der Waals surface area contributed by atoms with Gasteiger partial charge in [0.05, 0.1) is 12.0 Å². The van der Waals surface area contributed by atoms with Crippen LogP contribution in [0, 0.1) is 17.2 Å². The van der Waals surface area contributed by atoms with Gasteiger partial charge in [-0.15, -0.1) is 11.3 Å². The van der Waals surface area contributed by atoms with Gasteiger partial charge in [-0.05, 0) is 41.9 Å². The second-order valence-corrected chi connectivity index (χ2v) is 6.65. The number of rotatable bonds is 3. The van der Waals surface area contributed by atoms with E-state index in [1.165, 1.54) is 24.1 Å². The Balaban J connectivity index is 1.98. The van der Waals surface area contributed by atoms with Gasteiger partial charge < -0.3 is 0 Å². The van der Waals surface area contributed by atoms with Gasteiger partial charge in [-0.3, -0.25) is 4.90 Å². The lowest BCUT2D eigenvalue weighted by atomic mass is 9.84. The molecule has 17 heavy (non-hydrogen) atoms. The molecule has 0 saturated heterocycles. The van der Waals surface area contributed by atoms with Gasteiger partial charge in [0, 0.05) is 27.3 Å². The van der Waals surface area contributed by atoms with Crippen LogP contribution in [-0.2, 0) is 6.54 Å². The largest absolute Gasteiger partial charge is 0.297 e. The number of thiophene rings is 1. The zero-order valence-electron chi connectivity index (χ0n) is 10.0. The summed E-state index contributed by atoms with van der Waals surface area (Å²) >= 11 is 5.26. The molecule has 1 aromatic heterocycles. The second kappa shape index (κ2) is 5.99. The van der Waals surface area contributed by atoms with Crippen LogP contribution in [0.3, 0.4) is 0 Å². The van der Waals surface area contributed by atoms with Gasteiger partial charge in [0.2, 0.25) is 0 Å². The molecule has 1 aliphatic rings. The summed E-state index contributed by atoms with van der Waals surface area (Å²) in [4.78, 5) is 3.72. The number of hydrogen-bond acceptors (Lipinski definition) is 3. The standard InChI is InChI=1S/C13H17BrN2S/c1-16(8-12-6-11(14)9-17-12)13-5-3-2-4-10(13)7-15/h6,9-10,13H,2-5,8H2,1H3. The van der Waals surface area contributed by atoms with Gasteiger partial charge in [0.15, 0.2) is 0 Å². The van der Waals surface area contributed by atoms with Crippen molar-refractivity contribution in [3.8, 4) is 6.07 Å². The first-order valence-electron chi connectivity index (χ1n) is 6.03. The molecule has 0 spiro atoms. The van der Waals surface area contributed by atoms with Crippen LogP contribution in [0.4, 0.5) is 0 Å². The summed E-state index contributed by atoms with van der Waals surface area (Å²) in [6, 6.07) is 5.09. The van der Waals surface area contributed by atoms with E-state index in [0.717, 1.165) is 17.4 Å². The van der Waals surface area contributed by atoms with Gasteiger partial charge in [-0.25, -0.2) is 0 Å². The van der Waals surface area contributed by atoms with E-state index in [1.54, 1.807) is 11.3 Å². The molecule has 0 radical (unpaired) electrons. The molecule has 0 bridgehead atoms. The van der Waals surface area contributed by atoms with Crippen LogP contribution in [0.2, 0.25) is 0 Å². The molecule has 0 amide bonds. The molecule has 92 valence electrons. The lowest BCUT2D eigenvalue weighted by Gasteiger charge is -2.34. The monoisotopic (exact) mass is 312 g/mol. The fourth-order valence-electron chi connectivity index (χ4n) is 2.59. The first-order chi connectivity index (χ1) is 8.20. The molecule has 2 rings (SSSR count). The Bertz CT molecular complexity index is 410. The molecule has 2 nitrogen and oxygen atoms in total. The Morgan fingerprint density at radius 3 is 2.94 bits per heavy atom. The molecule has 0 N–H and O–H groups in total. The van der Waals surface area contributed by atoms with Crippen molar-refractivity contribution in [1.29, 1.82) is 5.26 Å². The van der Waals surface area contributed by atoms with Crippen molar-refractivity contribution in [1.82, 2.24) is 4.90 Å². The summed E-state index contributed by atoms with van der Waals surface area (Å²) in [5.41, 5.74) is 0. The van der Waals surface area contributed by atoms with Gasteiger partial charge >= 0.3 is 0 Å². The average molecular weight is 313 g/mol. The molecule has 2 atom stereocenters.